The molecule has 0 aromatic carbocycles. The van der Waals surface area contributed by atoms with Gasteiger partial charge in [-0.3, -0.25) is 14.5 Å². The van der Waals surface area contributed by atoms with Crippen LogP contribution in [0.25, 0.3) is 0 Å². The Morgan fingerprint density at radius 3 is 2.59 bits per heavy atom. The first-order valence-electron chi connectivity index (χ1n) is 5.73. The SMILES string of the molecule is CCOP(CC(=O)N1CCC=CC1=O)OCC. The molecule has 0 spiro atoms. The maximum absolute atomic E-state index is 11.9. The molecule has 1 aliphatic heterocycles. The van der Waals surface area contributed by atoms with Crippen molar-refractivity contribution in [3.63, 3.8) is 0 Å². The van der Waals surface area contributed by atoms with Gasteiger partial charge >= 0.3 is 0 Å². The second-order valence-electron chi connectivity index (χ2n) is 3.40. The van der Waals surface area contributed by atoms with Crippen LogP contribution >= 0.6 is 8.38 Å². The molecule has 0 unspecified atom stereocenters. The van der Waals surface area contributed by atoms with Gasteiger partial charge in [0, 0.05) is 6.54 Å². The lowest BCUT2D eigenvalue weighted by Crippen LogP contribution is -2.39. The molecule has 0 radical (unpaired) electrons. The summed E-state index contributed by atoms with van der Waals surface area (Å²) in [6, 6.07) is 0. The summed E-state index contributed by atoms with van der Waals surface area (Å²) in [4.78, 5) is 24.6. The Morgan fingerprint density at radius 2 is 2.06 bits per heavy atom. The number of amides is 2. The first kappa shape index (κ1) is 14.3. The molecule has 96 valence electrons. The molecule has 5 nitrogen and oxygen atoms in total. The fourth-order valence-electron chi connectivity index (χ4n) is 1.45. The van der Waals surface area contributed by atoms with Gasteiger partial charge in [0.25, 0.3) is 5.91 Å². The van der Waals surface area contributed by atoms with Crippen molar-refractivity contribution in [3.8, 4) is 0 Å². The van der Waals surface area contributed by atoms with Gasteiger partial charge in [-0.05, 0) is 26.3 Å². The number of imide groups is 1. The van der Waals surface area contributed by atoms with Gasteiger partial charge in [0.15, 0.2) is 8.38 Å². The summed E-state index contributed by atoms with van der Waals surface area (Å²) in [5, 5.41) is 0. The van der Waals surface area contributed by atoms with E-state index < -0.39 is 8.38 Å². The lowest BCUT2D eigenvalue weighted by Gasteiger charge is -2.23. The Morgan fingerprint density at radius 1 is 1.41 bits per heavy atom. The van der Waals surface area contributed by atoms with E-state index in [1.54, 1.807) is 6.08 Å². The standard InChI is InChI=1S/C11H18NO4P/c1-3-15-17(16-4-2)9-11(14)12-8-6-5-7-10(12)13/h5,7H,3-4,6,8-9H2,1-2H3. The molecular weight excluding hydrogens is 241 g/mol. The molecule has 17 heavy (non-hydrogen) atoms. The van der Waals surface area contributed by atoms with Gasteiger partial charge in [0.05, 0.1) is 19.4 Å². The highest BCUT2D eigenvalue weighted by Crippen LogP contribution is 2.38. The predicted molar refractivity (Wildman–Crippen MR) is 65.5 cm³/mol. The Hall–Kier alpha value is -0.770. The maximum atomic E-state index is 11.9. The quantitative estimate of drug-likeness (QED) is 0.681. The van der Waals surface area contributed by atoms with E-state index in [4.69, 9.17) is 9.05 Å². The summed E-state index contributed by atoms with van der Waals surface area (Å²) < 4.78 is 10.7. The van der Waals surface area contributed by atoms with Gasteiger partial charge in [0.1, 0.15) is 0 Å². The van der Waals surface area contributed by atoms with E-state index in [9.17, 15) is 9.59 Å². The predicted octanol–water partition coefficient (Wildman–Crippen LogP) is 1.69. The van der Waals surface area contributed by atoms with Crippen molar-refractivity contribution in [2.45, 2.75) is 20.3 Å². The monoisotopic (exact) mass is 259 g/mol. The van der Waals surface area contributed by atoms with Gasteiger partial charge in [0.2, 0.25) is 5.91 Å². The van der Waals surface area contributed by atoms with Crippen LogP contribution in [0.2, 0.25) is 0 Å². The highest BCUT2D eigenvalue weighted by molar-refractivity contribution is 7.48. The zero-order chi connectivity index (χ0) is 12.7. The van der Waals surface area contributed by atoms with Gasteiger partial charge in [-0.2, -0.15) is 0 Å². The molecule has 0 aromatic heterocycles. The summed E-state index contributed by atoms with van der Waals surface area (Å²) in [6.45, 7) is 5.18. The number of hydrogen-bond donors (Lipinski definition) is 0. The number of nitrogens with zero attached hydrogens (tertiary/aromatic N) is 1. The summed E-state index contributed by atoms with van der Waals surface area (Å²) in [7, 11) is -1.21. The highest BCUT2D eigenvalue weighted by atomic mass is 31.2. The summed E-state index contributed by atoms with van der Waals surface area (Å²) in [5.74, 6) is -0.462. The molecule has 0 N–H and O–H groups in total. The number of rotatable bonds is 6. The summed E-state index contributed by atoms with van der Waals surface area (Å²) >= 11 is 0. The smallest absolute Gasteiger partial charge is 0.252 e. The highest BCUT2D eigenvalue weighted by Gasteiger charge is 2.25. The maximum Gasteiger partial charge on any atom is 0.252 e. The minimum absolute atomic E-state index is 0.149. The van der Waals surface area contributed by atoms with Crippen LogP contribution in [0.5, 0.6) is 0 Å². The minimum atomic E-state index is -1.21. The zero-order valence-corrected chi connectivity index (χ0v) is 11.1. The minimum Gasteiger partial charge on any atom is -0.334 e. The average molecular weight is 259 g/mol. The molecule has 0 fully saturated rings. The molecule has 0 aromatic rings. The molecule has 1 aliphatic rings. The Bertz CT molecular complexity index is 300. The average Bonchev–Trinajstić information content (AvgIpc) is 2.30. The zero-order valence-electron chi connectivity index (χ0n) is 10.2. The van der Waals surface area contributed by atoms with Crippen molar-refractivity contribution in [3.05, 3.63) is 12.2 Å². The van der Waals surface area contributed by atoms with Gasteiger partial charge < -0.3 is 9.05 Å². The van der Waals surface area contributed by atoms with Gasteiger partial charge in [-0.25, -0.2) is 0 Å². The molecule has 0 bridgehead atoms. The molecule has 6 heteroatoms. The topological polar surface area (TPSA) is 55.8 Å². The third-order valence-corrected chi connectivity index (χ3v) is 3.78. The van der Waals surface area contributed by atoms with Gasteiger partial charge in [-0.1, -0.05) is 6.08 Å². The molecule has 1 rings (SSSR count). The number of hydrogen-bond acceptors (Lipinski definition) is 4. The fraction of sp³-hybridized carbons (Fsp3) is 0.636. The molecular formula is C11H18NO4P. The van der Waals surface area contributed by atoms with Crippen molar-refractivity contribution < 1.29 is 18.6 Å². The lowest BCUT2D eigenvalue weighted by molar-refractivity contribution is -0.140. The van der Waals surface area contributed by atoms with Crippen LogP contribution in [0.4, 0.5) is 0 Å². The van der Waals surface area contributed by atoms with Crippen molar-refractivity contribution in [2.24, 2.45) is 0 Å². The first-order valence-corrected chi connectivity index (χ1v) is 7.09. The van der Waals surface area contributed by atoms with E-state index in [1.165, 1.54) is 11.0 Å². The van der Waals surface area contributed by atoms with Crippen molar-refractivity contribution in [2.75, 3.05) is 25.9 Å². The van der Waals surface area contributed by atoms with Crippen molar-refractivity contribution >= 4 is 20.2 Å². The van der Waals surface area contributed by atoms with Gasteiger partial charge in [-0.15, -0.1) is 0 Å². The van der Waals surface area contributed by atoms with Crippen LogP contribution in [-0.2, 0) is 18.6 Å². The Kier molecular flexibility index (Phi) is 6.34. The largest absolute Gasteiger partial charge is 0.334 e. The second kappa shape index (κ2) is 7.54. The molecule has 1 heterocycles. The van der Waals surface area contributed by atoms with E-state index in [0.717, 1.165) is 6.42 Å². The third kappa shape index (κ3) is 4.54. The third-order valence-electron chi connectivity index (χ3n) is 2.16. The van der Waals surface area contributed by atoms with E-state index in [1.807, 2.05) is 13.8 Å². The molecule has 0 aliphatic carbocycles. The van der Waals surface area contributed by atoms with E-state index >= 15 is 0 Å². The van der Waals surface area contributed by atoms with Crippen molar-refractivity contribution in [1.82, 2.24) is 4.90 Å². The number of carbonyl (C=O) groups excluding carboxylic acids is 2. The van der Waals surface area contributed by atoms with E-state index in [0.29, 0.717) is 19.8 Å². The van der Waals surface area contributed by atoms with E-state index in [2.05, 4.69) is 0 Å². The van der Waals surface area contributed by atoms with E-state index in [-0.39, 0.29) is 18.0 Å². The van der Waals surface area contributed by atoms with Crippen LogP contribution in [-0.4, -0.2) is 42.6 Å². The van der Waals surface area contributed by atoms with Crippen LogP contribution in [0, 0.1) is 0 Å². The van der Waals surface area contributed by atoms with Crippen LogP contribution in [0.1, 0.15) is 20.3 Å². The summed E-state index contributed by atoms with van der Waals surface area (Å²) in [6.07, 6.45) is 4.08. The number of carbonyl (C=O) groups is 2. The second-order valence-corrected chi connectivity index (χ2v) is 4.90. The molecule has 2 amide bonds. The van der Waals surface area contributed by atoms with Crippen LogP contribution < -0.4 is 0 Å². The Balaban J connectivity index is 2.51. The normalized spacial score (nSPS) is 15.7. The summed E-state index contributed by atoms with van der Waals surface area (Å²) in [5.41, 5.74) is 0. The first-order chi connectivity index (χ1) is 8.19. The molecule has 0 atom stereocenters. The van der Waals surface area contributed by atoms with Crippen molar-refractivity contribution in [1.29, 1.82) is 0 Å². The van der Waals surface area contributed by atoms with Crippen LogP contribution in [0.15, 0.2) is 12.2 Å². The lowest BCUT2D eigenvalue weighted by atomic mass is 10.2. The van der Waals surface area contributed by atoms with Crippen LogP contribution in [0.3, 0.4) is 0 Å². The molecule has 0 saturated heterocycles. The Labute approximate surface area is 103 Å². The molecule has 0 saturated carbocycles. The fourth-order valence-corrected chi connectivity index (χ4v) is 2.67.